The van der Waals surface area contributed by atoms with E-state index in [0.29, 0.717) is 0 Å². The summed E-state index contributed by atoms with van der Waals surface area (Å²) in [6.45, 7) is 2.23. The molecule has 0 saturated carbocycles. The van der Waals surface area contributed by atoms with Crippen molar-refractivity contribution in [2.45, 2.75) is 96.5 Å². The third kappa shape index (κ3) is 18.9. The van der Waals surface area contributed by atoms with Crippen LogP contribution in [0.3, 0.4) is 0 Å². The molecule has 1 unspecified atom stereocenters. The fourth-order valence-electron chi connectivity index (χ4n) is 2.47. The smallest absolute Gasteiger partial charge is 0.306 e. The first-order valence-electron chi connectivity index (χ1n) is 9.38. The van der Waals surface area contributed by atoms with E-state index in [-0.39, 0.29) is 6.42 Å². The van der Waals surface area contributed by atoms with Gasteiger partial charge in [-0.3, -0.25) is 4.79 Å². The Hall–Kier alpha value is -1.09. The molecule has 0 radical (unpaired) electrons. The maximum Gasteiger partial charge on any atom is 0.306 e. The van der Waals surface area contributed by atoms with E-state index in [1.165, 1.54) is 64.2 Å². The molecular formula is C20H36O3. The third-order valence-corrected chi connectivity index (χ3v) is 3.87. The Morgan fingerprint density at radius 1 is 0.826 bits per heavy atom. The SMILES string of the molecule is CCCC/C=C\CCCCCCCCC/C=C/C(O)CC(=O)O. The van der Waals surface area contributed by atoms with E-state index < -0.39 is 12.1 Å². The van der Waals surface area contributed by atoms with Crippen molar-refractivity contribution in [1.82, 2.24) is 0 Å². The predicted octanol–water partition coefficient (Wildman–Crippen LogP) is 5.64. The molecule has 0 aromatic rings. The number of allylic oxidation sites excluding steroid dienone is 3. The quantitative estimate of drug-likeness (QED) is 0.285. The molecule has 0 aromatic heterocycles. The Morgan fingerprint density at radius 2 is 1.30 bits per heavy atom. The lowest BCUT2D eigenvalue weighted by molar-refractivity contribution is -0.138. The van der Waals surface area contributed by atoms with Crippen molar-refractivity contribution in [2.75, 3.05) is 0 Å². The molecule has 2 N–H and O–H groups in total. The van der Waals surface area contributed by atoms with E-state index in [4.69, 9.17) is 5.11 Å². The van der Waals surface area contributed by atoms with E-state index in [2.05, 4.69) is 19.1 Å². The van der Waals surface area contributed by atoms with Gasteiger partial charge in [-0.15, -0.1) is 0 Å². The second kappa shape index (κ2) is 17.3. The molecular weight excluding hydrogens is 288 g/mol. The largest absolute Gasteiger partial charge is 0.481 e. The molecule has 3 heteroatoms. The van der Waals surface area contributed by atoms with Crippen molar-refractivity contribution in [1.29, 1.82) is 0 Å². The van der Waals surface area contributed by atoms with Gasteiger partial charge in [0.25, 0.3) is 0 Å². The number of aliphatic carboxylic acids is 1. The molecule has 0 bridgehead atoms. The monoisotopic (exact) mass is 324 g/mol. The van der Waals surface area contributed by atoms with Crippen molar-refractivity contribution in [3.05, 3.63) is 24.3 Å². The summed E-state index contributed by atoms with van der Waals surface area (Å²) in [6, 6.07) is 0. The van der Waals surface area contributed by atoms with E-state index in [9.17, 15) is 9.90 Å². The van der Waals surface area contributed by atoms with Crippen LogP contribution in [-0.2, 0) is 4.79 Å². The molecule has 0 aliphatic carbocycles. The minimum atomic E-state index is -0.960. The molecule has 0 heterocycles. The molecule has 23 heavy (non-hydrogen) atoms. The van der Waals surface area contributed by atoms with Crippen LogP contribution in [0.15, 0.2) is 24.3 Å². The van der Waals surface area contributed by atoms with Gasteiger partial charge < -0.3 is 10.2 Å². The van der Waals surface area contributed by atoms with Gasteiger partial charge in [0.05, 0.1) is 12.5 Å². The maximum absolute atomic E-state index is 10.4. The minimum Gasteiger partial charge on any atom is -0.481 e. The Labute approximate surface area is 142 Å². The summed E-state index contributed by atoms with van der Waals surface area (Å²) < 4.78 is 0. The second-order valence-electron chi connectivity index (χ2n) is 6.26. The molecule has 0 rings (SSSR count). The highest BCUT2D eigenvalue weighted by Gasteiger charge is 2.04. The van der Waals surface area contributed by atoms with Crippen LogP contribution in [-0.4, -0.2) is 22.3 Å². The third-order valence-electron chi connectivity index (χ3n) is 3.87. The minimum absolute atomic E-state index is 0.204. The summed E-state index contributed by atoms with van der Waals surface area (Å²) in [4.78, 5) is 10.4. The van der Waals surface area contributed by atoms with Gasteiger partial charge in [0.1, 0.15) is 0 Å². The zero-order valence-electron chi connectivity index (χ0n) is 14.9. The summed E-state index contributed by atoms with van der Waals surface area (Å²) in [5.74, 6) is -0.960. The molecule has 0 aliphatic heterocycles. The number of carbonyl (C=O) groups is 1. The lowest BCUT2D eigenvalue weighted by atomic mass is 10.1. The van der Waals surface area contributed by atoms with Gasteiger partial charge in [0.15, 0.2) is 0 Å². The Balaban J connectivity index is 3.23. The first kappa shape index (κ1) is 21.9. The van der Waals surface area contributed by atoms with Crippen LogP contribution in [0.4, 0.5) is 0 Å². The highest BCUT2D eigenvalue weighted by molar-refractivity contribution is 5.67. The zero-order chi connectivity index (χ0) is 17.2. The van der Waals surface area contributed by atoms with Gasteiger partial charge in [0, 0.05) is 0 Å². The van der Waals surface area contributed by atoms with Gasteiger partial charge in [-0.25, -0.2) is 0 Å². The van der Waals surface area contributed by atoms with Crippen LogP contribution in [0.5, 0.6) is 0 Å². The molecule has 1 atom stereocenters. The summed E-state index contributed by atoms with van der Waals surface area (Å²) in [6.07, 6.45) is 22.0. The first-order chi connectivity index (χ1) is 11.2. The molecule has 3 nitrogen and oxygen atoms in total. The van der Waals surface area contributed by atoms with Gasteiger partial charge in [0.2, 0.25) is 0 Å². The fourth-order valence-corrected chi connectivity index (χ4v) is 2.47. The number of rotatable bonds is 16. The molecule has 0 amide bonds. The topological polar surface area (TPSA) is 57.5 Å². The van der Waals surface area contributed by atoms with Crippen LogP contribution in [0, 0.1) is 0 Å². The van der Waals surface area contributed by atoms with Gasteiger partial charge in [-0.2, -0.15) is 0 Å². The molecule has 0 saturated heterocycles. The van der Waals surface area contributed by atoms with Crippen LogP contribution < -0.4 is 0 Å². The van der Waals surface area contributed by atoms with Crippen molar-refractivity contribution < 1.29 is 15.0 Å². The molecule has 134 valence electrons. The Morgan fingerprint density at radius 3 is 1.83 bits per heavy atom. The molecule has 0 aliphatic rings. The number of carboxylic acids is 1. The van der Waals surface area contributed by atoms with Crippen LogP contribution >= 0.6 is 0 Å². The zero-order valence-corrected chi connectivity index (χ0v) is 14.9. The maximum atomic E-state index is 10.4. The fraction of sp³-hybridized carbons (Fsp3) is 0.750. The first-order valence-corrected chi connectivity index (χ1v) is 9.38. The Kier molecular flexibility index (Phi) is 16.4. The summed E-state index contributed by atoms with van der Waals surface area (Å²) >= 11 is 0. The van der Waals surface area contributed by atoms with E-state index >= 15 is 0 Å². The van der Waals surface area contributed by atoms with E-state index in [1.807, 2.05) is 6.08 Å². The molecule has 0 spiro atoms. The average molecular weight is 325 g/mol. The predicted molar refractivity (Wildman–Crippen MR) is 97.6 cm³/mol. The van der Waals surface area contributed by atoms with Crippen LogP contribution in [0.25, 0.3) is 0 Å². The van der Waals surface area contributed by atoms with Gasteiger partial charge in [-0.05, 0) is 32.1 Å². The summed E-state index contributed by atoms with van der Waals surface area (Å²) in [7, 11) is 0. The highest BCUT2D eigenvalue weighted by Crippen LogP contribution is 2.10. The van der Waals surface area contributed by atoms with Crippen LogP contribution in [0.2, 0.25) is 0 Å². The van der Waals surface area contributed by atoms with Crippen molar-refractivity contribution in [3.63, 3.8) is 0 Å². The van der Waals surface area contributed by atoms with Crippen molar-refractivity contribution >= 4 is 5.97 Å². The highest BCUT2D eigenvalue weighted by atomic mass is 16.4. The average Bonchev–Trinajstić information content (AvgIpc) is 2.50. The summed E-state index contributed by atoms with van der Waals surface area (Å²) in [5.41, 5.74) is 0. The normalized spacial score (nSPS) is 13.1. The number of hydrogen-bond donors (Lipinski definition) is 2. The van der Waals surface area contributed by atoms with Crippen molar-refractivity contribution in [3.8, 4) is 0 Å². The van der Waals surface area contributed by atoms with Gasteiger partial charge >= 0.3 is 5.97 Å². The number of carboxylic acid groups (broad SMARTS) is 1. The number of aliphatic hydroxyl groups excluding tert-OH is 1. The van der Waals surface area contributed by atoms with E-state index in [1.54, 1.807) is 6.08 Å². The Bertz CT molecular complexity index is 321. The molecule has 0 fully saturated rings. The number of hydrogen-bond acceptors (Lipinski definition) is 2. The second-order valence-corrected chi connectivity index (χ2v) is 6.26. The van der Waals surface area contributed by atoms with Gasteiger partial charge in [-0.1, -0.05) is 76.2 Å². The van der Waals surface area contributed by atoms with Crippen molar-refractivity contribution in [2.24, 2.45) is 0 Å². The summed E-state index contributed by atoms with van der Waals surface area (Å²) in [5, 5.41) is 17.9. The van der Waals surface area contributed by atoms with E-state index in [0.717, 1.165) is 12.8 Å². The number of aliphatic hydroxyl groups is 1. The lowest BCUT2D eigenvalue weighted by Crippen LogP contribution is -2.09. The standard InChI is InChI=1S/C20H36O3/c1-2-3-4-5-6-7-8-9-10-11-12-13-14-15-16-17-19(21)18-20(22)23/h5-6,16-17,19,21H,2-4,7-15,18H2,1H3,(H,22,23)/b6-5-,17-16+. The van der Waals surface area contributed by atoms with Crippen LogP contribution in [0.1, 0.15) is 90.4 Å². The lowest BCUT2D eigenvalue weighted by Gasteiger charge is -2.01. The number of unbranched alkanes of at least 4 members (excludes halogenated alkanes) is 10. The molecule has 0 aromatic carbocycles.